The fourth-order valence-electron chi connectivity index (χ4n) is 2.10. The standard InChI is InChI=1S/C11H19N5O/c1-8-9(15-12)13-7-14-10(8)16-4-5-17-11(2,3)6-16/h7H,4-6,12H2,1-3H3,(H,13,14,15). The van der Waals surface area contributed by atoms with Gasteiger partial charge < -0.3 is 15.1 Å². The van der Waals surface area contributed by atoms with Crippen molar-refractivity contribution in [1.29, 1.82) is 0 Å². The Hall–Kier alpha value is -1.40. The number of nitrogen functional groups attached to an aromatic ring is 1. The van der Waals surface area contributed by atoms with Crippen molar-refractivity contribution in [3.63, 3.8) is 0 Å². The van der Waals surface area contributed by atoms with Crippen LogP contribution in [0.1, 0.15) is 19.4 Å². The molecule has 1 aromatic heterocycles. The minimum absolute atomic E-state index is 0.147. The molecule has 1 aliphatic heterocycles. The van der Waals surface area contributed by atoms with E-state index in [-0.39, 0.29) is 5.60 Å². The summed E-state index contributed by atoms with van der Waals surface area (Å²) in [7, 11) is 0. The number of anilines is 2. The van der Waals surface area contributed by atoms with Crippen molar-refractivity contribution in [2.24, 2.45) is 5.84 Å². The summed E-state index contributed by atoms with van der Waals surface area (Å²) in [5.41, 5.74) is 3.41. The van der Waals surface area contributed by atoms with Gasteiger partial charge in [-0.2, -0.15) is 0 Å². The van der Waals surface area contributed by atoms with Gasteiger partial charge in [-0.15, -0.1) is 0 Å². The van der Waals surface area contributed by atoms with Gasteiger partial charge in [0.15, 0.2) is 0 Å². The molecule has 0 atom stereocenters. The van der Waals surface area contributed by atoms with Gasteiger partial charge in [0, 0.05) is 18.7 Å². The zero-order valence-corrected chi connectivity index (χ0v) is 10.5. The highest BCUT2D eigenvalue weighted by Gasteiger charge is 2.29. The summed E-state index contributed by atoms with van der Waals surface area (Å²) in [5, 5.41) is 0. The van der Waals surface area contributed by atoms with E-state index >= 15 is 0 Å². The van der Waals surface area contributed by atoms with Crippen LogP contribution in [0.2, 0.25) is 0 Å². The van der Waals surface area contributed by atoms with Crippen LogP contribution in [0.5, 0.6) is 0 Å². The monoisotopic (exact) mass is 237 g/mol. The molecule has 0 unspecified atom stereocenters. The van der Waals surface area contributed by atoms with Gasteiger partial charge in [-0.25, -0.2) is 15.8 Å². The molecule has 1 saturated heterocycles. The van der Waals surface area contributed by atoms with E-state index in [1.54, 1.807) is 0 Å². The molecule has 1 aliphatic rings. The predicted molar refractivity (Wildman–Crippen MR) is 66.8 cm³/mol. The van der Waals surface area contributed by atoms with E-state index in [1.807, 2.05) is 6.92 Å². The lowest BCUT2D eigenvalue weighted by Gasteiger charge is -2.39. The summed E-state index contributed by atoms with van der Waals surface area (Å²) in [6.07, 6.45) is 1.53. The number of aromatic nitrogens is 2. The van der Waals surface area contributed by atoms with E-state index < -0.39 is 0 Å². The molecule has 0 spiro atoms. The quantitative estimate of drug-likeness (QED) is 0.582. The molecule has 0 radical (unpaired) electrons. The van der Waals surface area contributed by atoms with E-state index in [0.717, 1.165) is 24.5 Å². The number of hydrazine groups is 1. The molecule has 0 amide bonds. The number of nitrogens with zero attached hydrogens (tertiary/aromatic N) is 3. The third-order valence-electron chi connectivity index (χ3n) is 2.92. The van der Waals surface area contributed by atoms with E-state index in [2.05, 4.69) is 34.1 Å². The van der Waals surface area contributed by atoms with E-state index in [0.29, 0.717) is 12.4 Å². The molecular formula is C11H19N5O. The van der Waals surface area contributed by atoms with Crippen molar-refractivity contribution in [3.8, 4) is 0 Å². The Morgan fingerprint density at radius 3 is 2.88 bits per heavy atom. The molecule has 17 heavy (non-hydrogen) atoms. The maximum Gasteiger partial charge on any atom is 0.148 e. The second-order valence-corrected chi connectivity index (χ2v) is 4.84. The van der Waals surface area contributed by atoms with Crippen LogP contribution in [0.15, 0.2) is 6.33 Å². The van der Waals surface area contributed by atoms with Gasteiger partial charge in [-0.1, -0.05) is 0 Å². The SMILES string of the molecule is Cc1c(NN)ncnc1N1CCOC(C)(C)C1. The molecule has 0 saturated carbocycles. The third-order valence-corrected chi connectivity index (χ3v) is 2.92. The number of ether oxygens (including phenoxy) is 1. The van der Waals surface area contributed by atoms with Gasteiger partial charge in [0.05, 0.1) is 12.2 Å². The van der Waals surface area contributed by atoms with Gasteiger partial charge >= 0.3 is 0 Å². The molecule has 1 aromatic rings. The van der Waals surface area contributed by atoms with Gasteiger partial charge in [0.2, 0.25) is 0 Å². The summed E-state index contributed by atoms with van der Waals surface area (Å²) in [4.78, 5) is 10.6. The van der Waals surface area contributed by atoms with Crippen LogP contribution in [0.25, 0.3) is 0 Å². The molecule has 1 fully saturated rings. The van der Waals surface area contributed by atoms with E-state index in [9.17, 15) is 0 Å². The second kappa shape index (κ2) is 4.46. The normalized spacial score (nSPS) is 19.2. The number of nitrogens with one attached hydrogen (secondary N) is 1. The lowest BCUT2D eigenvalue weighted by molar-refractivity contribution is -0.0279. The average Bonchev–Trinajstić information content (AvgIpc) is 2.28. The third kappa shape index (κ3) is 2.48. The largest absolute Gasteiger partial charge is 0.372 e. The van der Waals surface area contributed by atoms with Crippen LogP contribution in [0.3, 0.4) is 0 Å². The average molecular weight is 237 g/mol. The lowest BCUT2D eigenvalue weighted by Crippen LogP contribution is -2.49. The zero-order chi connectivity index (χ0) is 12.5. The summed E-state index contributed by atoms with van der Waals surface area (Å²) in [6.45, 7) is 8.49. The topological polar surface area (TPSA) is 76.3 Å². The van der Waals surface area contributed by atoms with Gasteiger partial charge in [0.25, 0.3) is 0 Å². The number of rotatable bonds is 2. The molecule has 3 N–H and O–H groups in total. The van der Waals surface area contributed by atoms with Crippen molar-refractivity contribution >= 4 is 11.6 Å². The Bertz CT molecular complexity index is 407. The minimum Gasteiger partial charge on any atom is -0.372 e. The highest BCUT2D eigenvalue weighted by atomic mass is 16.5. The fourth-order valence-corrected chi connectivity index (χ4v) is 2.10. The molecule has 94 valence electrons. The maximum atomic E-state index is 5.69. The first-order valence-corrected chi connectivity index (χ1v) is 5.70. The zero-order valence-electron chi connectivity index (χ0n) is 10.5. The van der Waals surface area contributed by atoms with Crippen LogP contribution < -0.4 is 16.2 Å². The number of morpholine rings is 1. The highest BCUT2D eigenvalue weighted by molar-refractivity contribution is 5.57. The lowest BCUT2D eigenvalue weighted by atomic mass is 10.1. The van der Waals surface area contributed by atoms with Crippen molar-refractivity contribution in [3.05, 3.63) is 11.9 Å². The fraction of sp³-hybridized carbons (Fsp3) is 0.636. The van der Waals surface area contributed by atoms with E-state index in [4.69, 9.17) is 10.6 Å². The number of hydrogen-bond acceptors (Lipinski definition) is 6. The highest BCUT2D eigenvalue weighted by Crippen LogP contribution is 2.26. The number of nitrogens with two attached hydrogens (primary N) is 1. The molecule has 0 bridgehead atoms. The van der Waals surface area contributed by atoms with Crippen molar-refractivity contribution in [2.75, 3.05) is 30.0 Å². The van der Waals surface area contributed by atoms with Gasteiger partial charge in [-0.3, -0.25) is 0 Å². The first-order valence-electron chi connectivity index (χ1n) is 5.70. The van der Waals surface area contributed by atoms with Crippen LogP contribution in [-0.2, 0) is 4.74 Å². The Labute approximate surface area is 101 Å². The molecule has 6 heteroatoms. The molecule has 6 nitrogen and oxygen atoms in total. The molecular weight excluding hydrogens is 218 g/mol. The smallest absolute Gasteiger partial charge is 0.148 e. The molecule has 0 aromatic carbocycles. The Balaban J connectivity index is 2.28. The summed E-state index contributed by atoms with van der Waals surface area (Å²) in [6, 6.07) is 0. The first-order chi connectivity index (χ1) is 8.03. The van der Waals surface area contributed by atoms with Gasteiger partial charge in [0.1, 0.15) is 18.0 Å². The van der Waals surface area contributed by atoms with Crippen LogP contribution in [0, 0.1) is 6.92 Å². The second-order valence-electron chi connectivity index (χ2n) is 4.84. The molecule has 2 rings (SSSR count). The van der Waals surface area contributed by atoms with Crippen molar-refractivity contribution < 1.29 is 4.74 Å². The Morgan fingerprint density at radius 2 is 2.24 bits per heavy atom. The van der Waals surface area contributed by atoms with Crippen LogP contribution in [-0.4, -0.2) is 35.3 Å². The van der Waals surface area contributed by atoms with Crippen LogP contribution >= 0.6 is 0 Å². The summed E-state index contributed by atoms with van der Waals surface area (Å²) >= 11 is 0. The first kappa shape index (κ1) is 12.1. The molecule has 2 heterocycles. The minimum atomic E-state index is -0.147. The molecule has 0 aliphatic carbocycles. The number of hydrogen-bond donors (Lipinski definition) is 2. The predicted octanol–water partition coefficient (Wildman–Crippen LogP) is 0.686. The van der Waals surface area contributed by atoms with Crippen molar-refractivity contribution in [2.45, 2.75) is 26.4 Å². The van der Waals surface area contributed by atoms with Crippen LogP contribution in [0.4, 0.5) is 11.6 Å². The summed E-state index contributed by atoms with van der Waals surface area (Å²) < 4.78 is 5.69. The summed E-state index contributed by atoms with van der Waals surface area (Å²) in [5.74, 6) is 7.01. The maximum absolute atomic E-state index is 5.69. The Morgan fingerprint density at radius 1 is 1.47 bits per heavy atom. The van der Waals surface area contributed by atoms with Crippen molar-refractivity contribution in [1.82, 2.24) is 9.97 Å². The Kier molecular flexibility index (Phi) is 3.17. The van der Waals surface area contributed by atoms with Gasteiger partial charge in [-0.05, 0) is 20.8 Å². The van der Waals surface area contributed by atoms with E-state index in [1.165, 1.54) is 6.33 Å².